The maximum absolute atomic E-state index is 12.3. The zero-order chi connectivity index (χ0) is 15.8. The molecule has 2 aliphatic rings. The van der Waals surface area contributed by atoms with Crippen molar-refractivity contribution in [2.45, 2.75) is 12.3 Å². The van der Waals surface area contributed by atoms with Crippen molar-refractivity contribution in [3.63, 3.8) is 0 Å². The fourth-order valence-corrected chi connectivity index (χ4v) is 3.70. The van der Waals surface area contributed by atoms with Gasteiger partial charge in [0.25, 0.3) is 0 Å². The summed E-state index contributed by atoms with van der Waals surface area (Å²) in [6, 6.07) is 16.7. The summed E-state index contributed by atoms with van der Waals surface area (Å²) in [7, 11) is 0. The topological polar surface area (TPSA) is 55.6 Å². The minimum absolute atomic E-state index is 0. The fourth-order valence-electron chi connectivity index (χ4n) is 3.70. The molecular weight excluding hydrogens is 324 g/mol. The molecule has 2 aromatic rings. The minimum atomic E-state index is -0.125. The summed E-state index contributed by atoms with van der Waals surface area (Å²) in [6.45, 7) is 1.75. The molecule has 2 N–H and O–H groups in total. The lowest BCUT2D eigenvalue weighted by atomic mass is 9.98. The van der Waals surface area contributed by atoms with Crippen LogP contribution in [0, 0.1) is 5.92 Å². The highest BCUT2D eigenvalue weighted by Crippen LogP contribution is 2.44. The largest absolute Gasteiger partial charge is 0.464 e. The summed E-state index contributed by atoms with van der Waals surface area (Å²) in [5.41, 5.74) is 4.98. The van der Waals surface area contributed by atoms with Crippen molar-refractivity contribution in [2.75, 3.05) is 19.7 Å². The number of benzene rings is 2. The Morgan fingerprint density at radius 3 is 2.21 bits per heavy atom. The van der Waals surface area contributed by atoms with Gasteiger partial charge in [-0.3, -0.25) is 10.6 Å². The number of ether oxygens (including phenoxy) is 1. The molecule has 1 fully saturated rings. The molecule has 0 amide bonds. The van der Waals surface area contributed by atoms with Crippen molar-refractivity contribution in [2.24, 2.45) is 11.8 Å². The first-order chi connectivity index (χ1) is 11.2. The fraction of sp³-hybridized carbons (Fsp3) is 0.316. The molecule has 1 saturated heterocycles. The number of hydrazine groups is 1. The van der Waals surface area contributed by atoms with Gasteiger partial charge in [-0.2, -0.15) is 0 Å². The molecule has 4 nitrogen and oxygen atoms in total. The first-order valence-corrected chi connectivity index (χ1v) is 8.08. The van der Waals surface area contributed by atoms with Gasteiger partial charge in [-0.15, -0.1) is 12.4 Å². The molecule has 0 saturated carbocycles. The Bertz CT molecular complexity index is 704. The number of nitrogens with two attached hydrogens (primary N) is 1. The van der Waals surface area contributed by atoms with Crippen molar-refractivity contribution >= 4 is 18.4 Å². The third-order valence-electron chi connectivity index (χ3n) is 4.91. The SMILES string of the molecule is Cl.NN1CCC(C(=O)OCC2c3ccccc3-c3ccccc32)C1. The van der Waals surface area contributed by atoms with Crippen molar-refractivity contribution in [1.29, 1.82) is 0 Å². The van der Waals surface area contributed by atoms with Gasteiger partial charge in [-0.1, -0.05) is 48.5 Å². The standard InChI is InChI=1S/C19H20N2O2.ClH/c20-21-10-9-13(11-21)19(22)23-12-18-16-7-3-1-5-14(16)15-6-2-4-8-17(15)18;/h1-8,13,18H,9-12,20H2;1H. The van der Waals surface area contributed by atoms with E-state index in [1.807, 2.05) is 12.1 Å². The van der Waals surface area contributed by atoms with Gasteiger partial charge in [0.15, 0.2) is 0 Å². The van der Waals surface area contributed by atoms with E-state index in [4.69, 9.17) is 10.6 Å². The Kier molecular flexibility index (Phi) is 4.90. The van der Waals surface area contributed by atoms with E-state index in [0.29, 0.717) is 13.2 Å². The third-order valence-corrected chi connectivity index (χ3v) is 4.91. The van der Waals surface area contributed by atoms with E-state index in [1.165, 1.54) is 22.3 Å². The predicted octanol–water partition coefficient (Wildman–Crippen LogP) is 2.96. The van der Waals surface area contributed by atoms with E-state index in [1.54, 1.807) is 5.01 Å². The number of hydrogen-bond donors (Lipinski definition) is 1. The van der Waals surface area contributed by atoms with Crippen LogP contribution in [0.4, 0.5) is 0 Å². The summed E-state index contributed by atoms with van der Waals surface area (Å²) in [4.78, 5) is 12.3. The highest BCUT2D eigenvalue weighted by Gasteiger charge is 2.32. The highest BCUT2D eigenvalue weighted by atomic mass is 35.5. The van der Waals surface area contributed by atoms with Crippen LogP contribution in [-0.4, -0.2) is 30.7 Å². The van der Waals surface area contributed by atoms with Crippen LogP contribution in [-0.2, 0) is 9.53 Å². The first-order valence-electron chi connectivity index (χ1n) is 8.08. The Morgan fingerprint density at radius 1 is 1.08 bits per heavy atom. The van der Waals surface area contributed by atoms with Crippen molar-refractivity contribution in [3.8, 4) is 11.1 Å². The highest BCUT2D eigenvalue weighted by molar-refractivity contribution is 5.85. The van der Waals surface area contributed by atoms with E-state index >= 15 is 0 Å². The van der Waals surface area contributed by atoms with Crippen LogP contribution in [0.25, 0.3) is 11.1 Å². The van der Waals surface area contributed by atoms with Gasteiger partial charge in [0.05, 0.1) is 5.92 Å². The minimum Gasteiger partial charge on any atom is -0.464 e. The van der Waals surface area contributed by atoms with Crippen LogP contribution < -0.4 is 5.84 Å². The molecule has 1 unspecified atom stereocenters. The zero-order valence-electron chi connectivity index (χ0n) is 13.4. The summed E-state index contributed by atoms with van der Waals surface area (Å²) < 4.78 is 5.65. The lowest BCUT2D eigenvalue weighted by Crippen LogP contribution is -2.30. The number of hydrogen-bond acceptors (Lipinski definition) is 4. The molecule has 126 valence electrons. The number of fused-ring (bicyclic) bond motifs is 3. The van der Waals surface area contributed by atoms with Crippen LogP contribution >= 0.6 is 12.4 Å². The summed E-state index contributed by atoms with van der Waals surface area (Å²) in [6.07, 6.45) is 0.785. The molecule has 2 aromatic carbocycles. The Balaban J connectivity index is 0.00000169. The number of carbonyl (C=O) groups excluding carboxylic acids is 1. The molecule has 1 aliphatic carbocycles. The van der Waals surface area contributed by atoms with Gasteiger partial charge < -0.3 is 4.74 Å². The van der Waals surface area contributed by atoms with E-state index in [2.05, 4.69) is 36.4 Å². The molecule has 1 aliphatic heterocycles. The lowest BCUT2D eigenvalue weighted by molar-refractivity contribution is -0.148. The van der Waals surface area contributed by atoms with Crippen molar-refractivity contribution in [1.82, 2.24) is 5.01 Å². The van der Waals surface area contributed by atoms with Gasteiger partial charge in [0.2, 0.25) is 0 Å². The van der Waals surface area contributed by atoms with Crippen LogP contribution in [0.2, 0.25) is 0 Å². The molecule has 0 radical (unpaired) electrons. The predicted molar refractivity (Wildman–Crippen MR) is 95.8 cm³/mol. The Labute approximate surface area is 148 Å². The molecule has 1 heterocycles. The molecule has 0 bridgehead atoms. The van der Waals surface area contributed by atoms with Gasteiger partial charge in [-0.05, 0) is 28.7 Å². The summed E-state index contributed by atoms with van der Waals surface area (Å²) in [5.74, 6) is 5.64. The van der Waals surface area contributed by atoms with Gasteiger partial charge in [-0.25, -0.2) is 5.01 Å². The molecule has 24 heavy (non-hydrogen) atoms. The van der Waals surface area contributed by atoms with Crippen LogP contribution in [0.1, 0.15) is 23.5 Å². The van der Waals surface area contributed by atoms with Crippen LogP contribution in [0.5, 0.6) is 0 Å². The first kappa shape index (κ1) is 17.0. The second-order valence-electron chi connectivity index (χ2n) is 6.34. The second kappa shape index (κ2) is 6.93. The average Bonchev–Trinajstić information content (AvgIpc) is 3.15. The number of nitrogens with zero attached hydrogens (tertiary/aromatic N) is 1. The molecule has 5 heteroatoms. The van der Waals surface area contributed by atoms with Gasteiger partial charge in [0.1, 0.15) is 6.61 Å². The summed E-state index contributed by atoms with van der Waals surface area (Å²) in [5, 5.41) is 1.69. The number of carbonyl (C=O) groups is 1. The van der Waals surface area contributed by atoms with E-state index < -0.39 is 0 Å². The van der Waals surface area contributed by atoms with E-state index in [9.17, 15) is 4.79 Å². The number of rotatable bonds is 3. The van der Waals surface area contributed by atoms with Crippen molar-refractivity contribution in [3.05, 3.63) is 59.7 Å². The third kappa shape index (κ3) is 2.93. The van der Waals surface area contributed by atoms with Gasteiger partial charge in [0, 0.05) is 19.0 Å². The molecule has 0 aromatic heterocycles. The normalized spacial score (nSPS) is 19.5. The summed E-state index contributed by atoms with van der Waals surface area (Å²) >= 11 is 0. The van der Waals surface area contributed by atoms with Gasteiger partial charge >= 0.3 is 5.97 Å². The zero-order valence-corrected chi connectivity index (χ0v) is 14.2. The number of halogens is 1. The second-order valence-corrected chi connectivity index (χ2v) is 6.34. The van der Waals surface area contributed by atoms with E-state index in [0.717, 1.165) is 13.0 Å². The molecule has 0 spiro atoms. The molecule has 1 atom stereocenters. The average molecular weight is 345 g/mol. The molecule has 4 rings (SSSR count). The Morgan fingerprint density at radius 2 is 1.67 bits per heavy atom. The lowest BCUT2D eigenvalue weighted by Gasteiger charge is -2.16. The van der Waals surface area contributed by atoms with Crippen LogP contribution in [0.3, 0.4) is 0 Å². The maximum atomic E-state index is 12.3. The monoisotopic (exact) mass is 344 g/mol. The Hall–Kier alpha value is -1.88. The quantitative estimate of drug-likeness (QED) is 0.687. The van der Waals surface area contributed by atoms with E-state index in [-0.39, 0.29) is 30.2 Å². The maximum Gasteiger partial charge on any atom is 0.310 e. The molecular formula is C19H21ClN2O2. The van der Waals surface area contributed by atoms with Crippen LogP contribution in [0.15, 0.2) is 48.5 Å². The van der Waals surface area contributed by atoms with Crippen molar-refractivity contribution < 1.29 is 9.53 Å². The smallest absolute Gasteiger partial charge is 0.310 e. The number of esters is 1.